The molecule has 1 fully saturated rings. The van der Waals surface area contributed by atoms with E-state index in [1.807, 2.05) is 30.0 Å². The van der Waals surface area contributed by atoms with Crippen molar-refractivity contribution in [3.63, 3.8) is 0 Å². The Kier molecular flexibility index (Phi) is 13.8. The standard InChI is InChI=1S/C29H51NOS/c1-4-5-6-7-8-9-10-11-12-13-14-15-16-17-18-21-24-30-25-29(2,3)32-28(30)26-22-19-20-23-27(26)31/h19-20,22-23,28,31H,4-18,21,24-25H2,1-3H3. The predicted molar refractivity (Wildman–Crippen MR) is 144 cm³/mol. The number of aromatic hydroxyl groups is 1. The molecule has 0 aromatic heterocycles. The van der Waals surface area contributed by atoms with Gasteiger partial charge in [0.05, 0.1) is 5.37 Å². The van der Waals surface area contributed by atoms with Gasteiger partial charge in [-0.05, 0) is 32.9 Å². The lowest BCUT2D eigenvalue weighted by atomic mass is 10.0. The van der Waals surface area contributed by atoms with Crippen molar-refractivity contribution in [1.29, 1.82) is 0 Å². The summed E-state index contributed by atoms with van der Waals surface area (Å²) < 4.78 is 0.252. The molecule has 0 aliphatic carbocycles. The molecule has 32 heavy (non-hydrogen) atoms. The van der Waals surface area contributed by atoms with Crippen molar-refractivity contribution in [3.05, 3.63) is 29.8 Å². The molecule has 1 aromatic rings. The number of thioether (sulfide) groups is 1. The van der Waals surface area contributed by atoms with Gasteiger partial charge in [0.2, 0.25) is 0 Å². The fourth-order valence-corrected chi connectivity index (χ4v) is 6.50. The largest absolute Gasteiger partial charge is 0.508 e. The average Bonchev–Trinajstić information content (AvgIpc) is 3.08. The topological polar surface area (TPSA) is 23.5 Å². The smallest absolute Gasteiger partial charge is 0.121 e. The predicted octanol–water partition coefficient (Wildman–Crippen LogP) is 9.48. The van der Waals surface area contributed by atoms with Crippen molar-refractivity contribution >= 4 is 11.8 Å². The lowest BCUT2D eigenvalue weighted by Gasteiger charge is -2.24. The Morgan fingerprint density at radius 3 is 1.75 bits per heavy atom. The van der Waals surface area contributed by atoms with Crippen molar-refractivity contribution in [2.24, 2.45) is 0 Å². The molecule has 0 radical (unpaired) electrons. The van der Waals surface area contributed by atoms with E-state index in [2.05, 4.69) is 31.7 Å². The van der Waals surface area contributed by atoms with Crippen LogP contribution in [-0.4, -0.2) is 27.8 Å². The van der Waals surface area contributed by atoms with Crippen LogP contribution in [0, 0.1) is 0 Å². The Morgan fingerprint density at radius 1 is 0.781 bits per heavy atom. The fourth-order valence-electron chi connectivity index (χ4n) is 5.00. The molecular formula is C29H51NOS. The zero-order valence-electron chi connectivity index (χ0n) is 21.4. The van der Waals surface area contributed by atoms with Crippen LogP contribution in [-0.2, 0) is 0 Å². The quantitative estimate of drug-likeness (QED) is 0.220. The summed E-state index contributed by atoms with van der Waals surface area (Å²) in [6.45, 7) is 9.21. The van der Waals surface area contributed by atoms with Crippen LogP contribution in [0.2, 0.25) is 0 Å². The highest BCUT2D eigenvalue weighted by atomic mass is 32.2. The van der Waals surface area contributed by atoms with E-state index < -0.39 is 0 Å². The molecule has 1 aliphatic rings. The van der Waals surface area contributed by atoms with Gasteiger partial charge in [-0.1, -0.05) is 121 Å². The summed E-state index contributed by atoms with van der Waals surface area (Å²) in [5.41, 5.74) is 1.08. The molecule has 1 unspecified atom stereocenters. The van der Waals surface area contributed by atoms with Gasteiger partial charge in [-0.15, -0.1) is 11.8 Å². The van der Waals surface area contributed by atoms with Gasteiger partial charge in [-0.25, -0.2) is 0 Å². The summed E-state index contributed by atoms with van der Waals surface area (Å²) in [4.78, 5) is 2.59. The van der Waals surface area contributed by atoms with Crippen molar-refractivity contribution in [3.8, 4) is 5.75 Å². The third-order valence-corrected chi connectivity index (χ3v) is 8.39. The Morgan fingerprint density at radius 2 is 1.25 bits per heavy atom. The molecule has 1 saturated heterocycles. The number of phenols is 1. The summed E-state index contributed by atoms with van der Waals surface area (Å²) in [5, 5.41) is 10.6. The lowest BCUT2D eigenvalue weighted by Crippen LogP contribution is -2.28. The maximum Gasteiger partial charge on any atom is 0.121 e. The maximum atomic E-state index is 10.3. The van der Waals surface area contributed by atoms with Gasteiger partial charge in [0, 0.05) is 16.9 Å². The van der Waals surface area contributed by atoms with Crippen molar-refractivity contribution in [1.82, 2.24) is 4.90 Å². The maximum absolute atomic E-state index is 10.3. The number of unbranched alkanes of at least 4 members (excludes halogenated alkanes) is 15. The fraction of sp³-hybridized carbons (Fsp3) is 0.793. The monoisotopic (exact) mass is 461 g/mol. The number of benzene rings is 1. The summed E-state index contributed by atoms with van der Waals surface area (Å²) >= 11 is 2.00. The van der Waals surface area contributed by atoms with E-state index in [1.54, 1.807) is 0 Å². The second-order valence-electron chi connectivity index (χ2n) is 10.6. The summed E-state index contributed by atoms with van der Waals surface area (Å²) in [5.74, 6) is 0.444. The van der Waals surface area contributed by atoms with Gasteiger partial charge in [-0.2, -0.15) is 0 Å². The third kappa shape index (κ3) is 11.0. The van der Waals surface area contributed by atoms with Gasteiger partial charge < -0.3 is 5.11 Å². The minimum atomic E-state index is 0.252. The molecule has 0 bridgehead atoms. The van der Waals surface area contributed by atoms with E-state index >= 15 is 0 Å². The van der Waals surface area contributed by atoms with E-state index in [1.165, 1.54) is 103 Å². The number of nitrogens with zero attached hydrogens (tertiary/aromatic N) is 1. The first-order valence-corrected chi connectivity index (χ1v) is 14.6. The SMILES string of the molecule is CCCCCCCCCCCCCCCCCCN1CC(C)(C)SC1c1ccccc1O. The number of rotatable bonds is 18. The second kappa shape index (κ2) is 16.0. The first kappa shape index (κ1) is 27.6. The molecule has 3 heteroatoms. The molecular weight excluding hydrogens is 410 g/mol. The summed E-state index contributed by atoms with van der Waals surface area (Å²) in [6.07, 6.45) is 22.7. The minimum Gasteiger partial charge on any atom is -0.508 e. The Bertz CT molecular complexity index is 603. The molecule has 0 amide bonds. The zero-order valence-corrected chi connectivity index (χ0v) is 22.2. The highest BCUT2D eigenvalue weighted by Gasteiger charge is 2.39. The van der Waals surface area contributed by atoms with E-state index in [4.69, 9.17) is 0 Å². The van der Waals surface area contributed by atoms with Crippen LogP contribution in [0.4, 0.5) is 0 Å². The van der Waals surface area contributed by atoms with Gasteiger partial charge >= 0.3 is 0 Å². The van der Waals surface area contributed by atoms with Crippen LogP contribution in [0.15, 0.2) is 24.3 Å². The van der Waals surface area contributed by atoms with Crippen molar-refractivity contribution in [2.45, 2.75) is 134 Å². The average molecular weight is 462 g/mol. The molecule has 1 aromatic carbocycles. The Labute approximate surface area is 203 Å². The third-order valence-electron chi connectivity index (χ3n) is 6.85. The molecule has 184 valence electrons. The number of para-hydroxylation sites is 1. The van der Waals surface area contributed by atoms with Crippen LogP contribution in [0.5, 0.6) is 5.75 Å². The zero-order chi connectivity index (χ0) is 23.1. The first-order chi connectivity index (χ1) is 15.5. The summed E-state index contributed by atoms with van der Waals surface area (Å²) in [7, 11) is 0. The molecule has 1 N–H and O–H groups in total. The van der Waals surface area contributed by atoms with Crippen molar-refractivity contribution in [2.75, 3.05) is 13.1 Å². The van der Waals surface area contributed by atoms with Crippen LogP contribution < -0.4 is 0 Å². The Balaban J connectivity index is 1.46. The molecule has 1 atom stereocenters. The van der Waals surface area contributed by atoms with E-state index in [0.717, 1.165) is 18.7 Å². The minimum absolute atomic E-state index is 0.252. The molecule has 0 spiro atoms. The van der Waals surface area contributed by atoms with Crippen molar-refractivity contribution < 1.29 is 5.11 Å². The van der Waals surface area contributed by atoms with E-state index in [9.17, 15) is 5.11 Å². The normalized spacial score (nSPS) is 18.4. The second-order valence-corrected chi connectivity index (χ2v) is 12.3. The molecule has 2 nitrogen and oxygen atoms in total. The first-order valence-electron chi connectivity index (χ1n) is 13.7. The number of hydrogen-bond donors (Lipinski definition) is 1. The van der Waals surface area contributed by atoms with Gasteiger partial charge in [-0.3, -0.25) is 4.90 Å². The van der Waals surface area contributed by atoms with E-state index in [0.29, 0.717) is 11.1 Å². The number of phenolic OH excluding ortho intramolecular Hbond substituents is 1. The molecule has 1 heterocycles. The molecule has 1 aliphatic heterocycles. The van der Waals surface area contributed by atoms with Crippen LogP contribution in [0.3, 0.4) is 0 Å². The molecule has 2 rings (SSSR count). The molecule has 0 saturated carbocycles. The lowest BCUT2D eigenvalue weighted by molar-refractivity contribution is 0.255. The Hall–Kier alpha value is -0.670. The van der Waals surface area contributed by atoms with Crippen LogP contribution in [0.25, 0.3) is 0 Å². The van der Waals surface area contributed by atoms with Crippen LogP contribution >= 0.6 is 11.8 Å². The van der Waals surface area contributed by atoms with Gasteiger partial charge in [0.1, 0.15) is 5.75 Å². The van der Waals surface area contributed by atoms with Gasteiger partial charge in [0.25, 0.3) is 0 Å². The summed E-state index contributed by atoms with van der Waals surface area (Å²) in [6, 6.07) is 7.89. The van der Waals surface area contributed by atoms with E-state index in [-0.39, 0.29) is 4.75 Å². The highest BCUT2D eigenvalue weighted by Crippen LogP contribution is 2.50. The van der Waals surface area contributed by atoms with Crippen LogP contribution in [0.1, 0.15) is 134 Å². The van der Waals surface area contributed by atoms with Gasteiger partial charge in [0.15, 0.2) is 0 Å². The highest BCUT2D eigenvalue weighted by molar-refractivity contribution is 8.01. The number of hydrogen-bond acceptors (Lipinski definition) is 3.